The summed E-state index contributed by atoms with van der Waals surface area (Å²) in [6.45, 7) is 0. The Morgan fingerprint density at radius 1 is 1.19 bits per heavy atom. The summed E-state index contributed by atoms with van der Waals surface area (Å²) in [4.78, 5) is 20.0. The number of para-hydroxylation sites is 1. The molecule has 104 valence electrons. The lowest BCUT2D eigenvalue weighted by Gasteiger charge is -2.07. The lowest BCUT2D eigenvalue weighted by molar-refractivity contribution is 0.0692. The summed E-state index contributed by atoms with van der Waals surface area (Å²) >= 11 is 7.00. The number of nitrogens with zero attached hydrogens (tertiary/aromatic N) is 2. The standard InChI is InChI=1S/C15H9ClN2O2S/c16-10-5-6-13(17-8-10)21-14-11(15(19)20)7-9-3-1-2-4-12(9)18-14/h1-8H,(H,19,20). The lowest BCUT2D eigenvalue weighted by Crippen LogP contribution is -2.01. The molecule has 6 heteroatoms. The van der Waals surface area contributed by atoms with Crippen LogP contribution in [0.1, 0.15) is 10.4 Å². The van der Waals surface area contributed by atoms with Crippen molar-refractivity contribution >= 4 is 40.2 Å². The number of halogens is 1. The molecule has 21 heavy (non-hydrogen) atoms. The highest BCUT2D eigenvalue weighted by molar-refractivity contribution is 7.99. The van der Waals surface area contributed by atoms with Crippen molar-refractivity contribution in [2.24, 2.45) is 0 Å². The number of aromatic carboxylic acids is 1. The van der Waals surface area contributed by atoms with Crippen LogP contribution in [0, 0.1) is 0 Å². The van der Waals surface area contributed by atoms with Gasteiger partial charge in [0.05, 0.1) is 16.1 Å². The molecule has 3 aromatic rings. The minimum Gasteiger partial charge on any atom is -0.478 e. The van der Waals surface area contributed by atoms with Crippen molar-refractivity contribution < 1.29 is 9.90 Å². The number of aromatic nitrogens is 2. The Morgan fingerprint density at radius 3 is 2.71 bits per heavy atom. The average molecular weight is 317 g/mol. The molecular weight excluding hydrogens is 308 g/mol. The molecule has 0 saturated carbocycles. The molecule has 0 atom stereocenters. The molecule has 1 aromatic carbocycles. The Labute approximate surface area is 129 Å². The second-order valence-corrected chi connectivity index (χ2v) is 5.70. The van der Waals surface area contributed by atoms with Crippen LogP contribution in [0.4, 0.5) is 0 Å². The number of rotatable bonds is 3. The van der Waals surface area contributed by atoms with E-state index in [0.717, 1.165) is 10.9 Å². The van der Waals surface area contributed by atoms with Gasteiger partial charge in [-0.25, -0.2) is 14.8 Å². The SMILES string of the molecule is O=C(O)c1cc2ccccc2nc1Sc1ccc(Cl)cn1. The van der Waals surface area contributed by atoms with Gasteiger partial charge < -0.3 is 5.11 Å². The van der Waals surface area contributed by atoms with Crippen LogP contribution in [0.25, 0.3) is 10.9 Å². The summed E-state index contributed by atoms with van der Waals surface area (Å²) in [5, 5.41) is 11.7. The number of carboxylic acid groups (broad SMARTS) is 1. The predicted molar refractivity (Wildman–Crippen MR) is 82.1 cm³/mol. The van der Waals surface area contributed by atoms with Crippen molar-refractivity contribution in [1.82, 2.24) is 9.97 Å². The summed E-state index contributed by atoms with van der Waals surface area (Å²) in [6, 6.07) is 12.5. The molecule has 1 N–H and O–H groups in total. The zero-order valence-corrected chi connectivity index (χ0v) is 12.2. The monoisotopic (exact) mass is 316 g/mol. The first kappa shape index (κ1) is 13.9. The number of carbonyl (C=O) groups is 1. The molecule has 0 fully saturated rings. The lowest BCUT2D eigenvalue weighted by atomic mass is 10.1. The molecule has 2 aromatic heterocycles. The van der Waals surface area contributed by atoms with Crippen molar-refractivity contribution in [1.29, 1.82) is 0 Å². The topological polar surface area (TPSA) is 63.1 Å². The minimum absolute atomic E-state index is 0.162. The Balaban J connectivity index is 2.09. The van der Waals surface area contributed by atoms with E-state index in [2.05, 4.69) is 9.97 Å². The molecule has 0 amide bonds. The van der Waals surface area contributed by atoms with E-state index in [-0.39, 0.29) is 5.56 Å². The van der Waals surface area contributed by atoms with Crippen LogP contribution in [0.2, 0.25) is 5.02 Å². The quantitative estimate of drug-likeness (QED) is 0.787. The van der Waals surface area contributed by atoms with Crippen LogP contribution in [-0.4, -0.2) is 21.0 Å². The first-order chi connectivity index (χ1) is 10.1. The zero-order valence-electron chi connectivity index (χ0n) is 10.7. The van der Waals surface area contributed by atoms with E-state index in [4.69, 9.17) is 11.6 Å². The molecule has 0 aliphatic heterocycles. The Bertz CT molecular complexity index is 822. The van der Waals surface area contributed by atoms with Crippen LogP contribution in [0.15, 0.2) is 58.7 Å². The number of benzene rings is 1. The fraction of sp³-hybridized carbons (Fsp3) is 0. The maximum absolute atomic E-state index is 11.4. The van der Waals surface area contributed by atoms with Gasteiger partial charge in [-0.2, -0.15) is 0 Å². The van der Waals surface area contributed by atoms with E-state index in [1.807, 2.05) is 24.3 Å². The van der Waals surface area contributed by atoms with E-state index < -0.39 is 5.97 Å². The van der Waals surface area contributed by atoms with Crippen molar-refractivity contribution in [3.8, 4) is 0 Å². The van der Waals surface area contributed by atoms with Crippen LogP contribution in [0.3, 0.4) is 0 Å². The van der Waals surface area contributed by atoms with Gasteiger partial charge in [0.15, 0.2) is 0 Å². The van der Waals surface area contributed by atoms with Gasteiger partial charge in [0.1, 0.15) is 10.1 Å². The van der Waals surface area contributed by atoms with Crippen LogP contribution < -0.4 is 0 Å². The van der Waals surface area contributed by atoms with Gasteiger partial charge in [0, 0.05) is 11.6 Å². The minimum atomic E-state index is -1.01. The zero-order chi connectivity index (χ0) is 14.8. The average Bonchev–Trinajstić information content (AvgIpc) is 2.48. The molecule has 0 aliphatic rings. The molecule has 4 nitrogen and oxygen atoms in total. The normalized spacial score (nSPS) is 10.7. The van der Waals surface area contributed by atoms with Crippen molar-refractivity contribution in [3.63, 3.8) is 0 Å². The molecule has 3 rings (SSSR count). The number of fused-ring (bicyclic) bond motifs is 1. The highest BCUT2D eigenvalue weighted by atomic mass is 35.5. The van der Waals surface area contributed by atoms with Crippen molar-refractivity contribution in [3.05, 3.63) is 59.2 Å². The summed E-state index contributed by atoms with van der Waals surface area (Å²) in [6.07, 6.45) is 1.52. The van der Waals surface area contributed by atoms with E-state index in [1.165, 1.54) is 18.0 Å². The summed E-state index contributed by atoms with van der Waals surface area (Å²) in [5.41, 5.74) is 0.911. The summed E-state index contributed by atoms with van der Waals surface area (Å²) in [7, 11) is 0. The van der Waals surface area contributed by atoms with E-state index in [1.54, 1.807) is 18.2 Å². The Morgan fingerprint density at radius 2 is 2.00 bits per heavy atom. The number of hydrogen-bond donors (Lipinski definition) is 1. The maximum Gasteiger partial charge on any atom is 0.338 e. The van der Waals surface area contributed by atoms with Crippen molar-refractivity contribution in [2.45, 2.75) is 10.1 Å². The molecule has 0 spiro atoms. The highest BCUT2D eigenvalue weighted by Crippen LogP contribution is 2.30. The molecule has 0 saturated heterocycles. The number of pyridine rings is 2. The van der Waals surface area contributed by atoms with Crippen LogP contribution >= 0.6 is 23.4 Å². The first-order valence-corrected chi connectivity index (χ1v) is 7.25. The van der Waals surface area contributed by atoms with Crippen LogP contribution in [0.5, 0.6) is 0 Å². The summed E-state index contributed by atoms with van der Waals surface area (Å²) in [5.74, 6) is -1.01. The van der Waals surface area contributed by atoms with Gasteiger partial charge in [-0.3, -0.25) is 0 Å². The summed E-state index contributed by atoms with van der Waals surface area (Å²) < 4.78 is 0. The molecular formula is C15H9ClN2O2S. The van der Waals surface area contributed by atoms with Gasteiger partial charge >= 0.3 is 5.97 Å². The van der Waals surface area contributed by atoms with Gasteiger partial charge in [0.25, 0.3) is 0 Å². The fourth-order valence-corrected chi connectivity index (χ4v) is 2.80. The molecule has 2 heterocycles. The predicted octanol–water partition coefficient (Wildman–Crippen LogP) is 4.13. The van der Waals surface area contributed by atoms with E-state index >= 15 is 0 Å². The maximum atomic E-state index is 11.4. The second-order valence-electron chi connectivity index (χ2n) is 4.26. The van der Waals surface area contributed by atoms with E-state index in [9.17, 15) is 9.90 Å². The van der Waals surface area contributed by atoms with Crippen LogP contribution in [-0.2, 0) is 0 Å². The first-order valence-electron chi connectivity index (χ1n) is 6.06. The Hall–Kier alpha value is -2.11. The highest BCUT2D eigenvalue weighted by Gasteiger charge is 2.15. The number of hydrogen-bond acceptors (Lipinski definition) is 4. The van der Waals surface area contributed by atoms with Gasteiger partial charge in [-0.05, 0) is 36.0 Å². The fourth-order valence-electron chi connectivity index (χ4n) is 1.85. The largest absolute Gasteiger partial charge is 0.478 e. The second kappa shape index (κ2) is 5.71. The third-order valence-corrected chi connectivity index (χ3v) is 4.00. The van der Waals surface area contributed by atoms with Gasteiger partial charge in [0.2, 0.25) is 0 Å². The smallest absolute Gasteiger partial charge is 0.338 e. The molecule has 0 aliphatic carbocycles. The molecule has 0 unspecified atom stereocenters. The van der Waals surface area contributed by atoms with Gasteiger partial charge in [-0.15, -0.1) is 0 Å². The Kier molecular flexibility index (Phi) is 3.77. The van der Waals surface area contributed by atoms with E-state index in [0.29, 0.717) is 15.1 Å². The molecule has 0 radical (unpaired) electrons. The third kappa shape index (κ3) is 2.99. The number of carboxylic acids is 1. The van der Waals surface area contributed by atoms with Crippen molar-refractivity contribution in [2.75, 3.05) is 0 Å². The molecule has 0 bridgehead atoms. The van der Waals surface area contributed by atoms with Gasteiger partial charge in [-0.1, -0.05) is 29.8 Å². The third-order valence-electron chi connectivity index (χ3n) is 2.82.